The summed E-state index contributed by atoms with van der Waals surface area (Å²) in [5.74, 6) is 1.92. The quantitative estimate of drug-likeness (QED) is 0.833. The second kappa shape index (κ2) is 4.63. The molecule has 2 fully saturated rings. The summed E-state index contributed by atoms with van der Waals surface area (Å²) in [6, 6.07) is 0. The standard InChI is InChI=1S/C16H28O2/c1-11(10-15(2,3)18)12-7-8-13-14(17)6-5-9-16(12,13)4/h11-13,18H,5-10H2,1-4H3/t11-,12?,13?,16-/m1/s1. The predicted octanol–water partition coefficient (Wildman–Crippen LogP) is 3.57. The highest BCUT2D eigenvalue weighted by atomic mass is 16.3. The molecule has 1 N–H and O–H groups in total. The normalized spacial score (nSPS) is 38.6. The van der Waals surface area contributed by atoms with Crippen LogP contribution in [0.25, 0.3) is 0 Å². The number of fused-ring (bicyclic) bond motifs is 1. The molecule has 0 radical (unpaired) electrons. The van der Waals surface area contributed by atoms with E-state index in [1.807, 2.05) is 13.8 Å². The summed E-state index contributed by atoms with van der Waals surface area (Å²) >= 11 is 0. The second-order valence-electron chi connectivity index (χ2n) is 7.56. The van der Waals surface area contributed by atoms with Gasteiger partial charge in [0.2, 0.25) is 0 Å². The Morgan fingerprint density at radius 1 is 1.44 bits per heavy atom. The molecule has 0 aliphatic heterocycles. The topological polar surface area (TPSA) is 37.3 Å². The van der Waals surface area contributed by atoms with Crippen molar-refractivity contribution in [2.45, 2.75) is 71.8 Å². The van der Waals surface area contributed by atoms with Gasteiger partial charge in [-0.05, 0) is 63.2 Å². The van der Waals surface area contributed by atoms with E-state index in [0.717, 1.165) is 25.7 Å². The number of rotatable bonds is 3. The first-order chi connectivity index (χ1) is 8.24. The van der Waals surface area contributed by atoms with Crippen molar-refractivity contribution in [3.8, 4) is 0 Å². The molecule has 4 atom stereocenters. The van der Waals surface area contributed by atoms with Crippen molar-refractivity contribution in [2.75, 3.05) is 0 Å². The molecule has 2 nitrogen and oxygen atoms in total. The van der Waals surface area contributed by atoms with Gasteiger partial charge in [0.05, 0.1) is 5.60 Å². The molecule has 0 heterocycles. The van der Waals surface area contributed by atoms with Gasteiger partial charge in [0, 0.05) is 12.3 Å². The molecule has 2 rings (SSSR count). The average molecular weight is 252 g/mol. The SMILES string of the molecule is C[C@H](CC(C)(C)O)C1CCC2C(=O)CCC[C@@]21C. The number of ketones is 1. The molecule has 18 heavy (non-hydrogen) atoms. The molecule has 0 aromatic carbocycles. The third-order valence-electron chi connectivity index (χ3n) is 5.45. The summed E-state index contributed by atoms with van der Waals surface area (Å²) in [4.78, 5) is 12.1. The maximum absolute atomic E-state index is 12.1. The minimum Gasteiger partial charge on any atom is -0.390 e. The van der Waals surface area contributed by atoms with Gasteiger partial charge in [-0.25, -0.2) is 0 Å². The third-order valence-corrected chi connectivity index (χ3v) is 5.45. The van der Waals surface area contributed by atoms with E-state index in [-0.39, 0.29) is 5.41 Å². The molecule has 0 bridgehead atoms. The molecule has 104 valence electrons. The van der Waals surface area contributed by atoms with Crippen molar-refractivity contribution in [1.82, 2.24) is 0 Å². The third kappa shape index (κ3) is 2.49. The minimum atomic E-state index is -0.591. The number of carbonyl (C=O) groups is 1. The zero-order valence-corrected chi connectivity index (χ0v) is 12.3. The van der Waals surface area contributed by atoms with Crippen LogP contribution in [0.3, 0.4) is 0 Å². The molecule has 0 saturated heterocycles. The number of hydrogen-bond acceptors (Lipinski definition) is 2. The molecule has 0 aromatic rings. The van der Waals surface area contributed by atoms with Gasteiger partial charge in [0.25, 0.3) is 0 Å². The van der Waals surface area contributed by atoms with Crippen molar-refractivity contribution in [2.24, 2.45) is 23.2 Å². The van der Waals surface area contributed by atoms with E-state index in [1.165, 1.54) is 12.8 Å². The molecule has 0 amide bonds. The van der Waals surface area contributed by atoms with Gasteiger partial charge in [-0.15, -0.1) is 0 Å². The van der Waals surface area contributed by atoms with Gasteiger partial charge < -0.3 is 5.11 Å². The highest BCUT2D eigenvalue weighted by molar-refractivity contribution is 5.83. The maximum atomic E-state index is 12.1. The second-order valence-corrected chi connectivity index (χ2v) is 7.56. The lowest BCUT2D eigenvalue weighted by Gasteiger charge is -2.43. The molecule has 2 aliphatic carbocycles. The highest BCUT2D eigenvalue weighted by Crippen LogP contribution is 2.57. The van der Waals surface area contributed by atoms with Crippen LogP contribution in [0.2, 0.25) is 0 Å². The first-order valence-corrected chi connectivity index (χ1v) is 7.49. The van der Waals surface area contributed by atoms with E-state index in [4.69, 9.17) is 0 Å². The maximum Gasteiger partial charge on any atom is 0.136 e. The smallest absolute Gasteiger partial charge is 0.136 e. The molecular formula is C16H28O2. The fourth-order valence-corrected chi connectivity index (χ4v) is 4.83. The van der Waals surface area contributed by atoms with Crippen LogP contribution in [-0.2, 0) is 4.79 Å². The van der Waals surface area contributed by atoms with Crippen LogP contribution in [-0.4, -0.2) is 16.5 Å². The predicted molar refractivity (Wildman–Crippen MR) is 73.3 cm³/mol. The average Bonchev–Trinajstić information content (AvgIpc) is 2.54. The Balaban J connectivity index is 2.13. The summed E-state index contributed by atoms with van der Waals surface area (Å²) in [5, 5.41) is 10.0. The summed E-state index contributed by atoms with van der Waals surface area (Å²) in [5.41, 5.74) is -0.382. The van der Waals surface area contributed by atoms with Gasteiger partial charge in [-0.1, -0.05) is 13.8 Å². The van der Waals surface area contributed by atoms with Gasteiger partial charge in [-0.2, -0.15) is 0 Å². The summed E-state index contributed by atoms with van der Waals surface area (Å²) < 4.78 is 0. The molecule has 2 heteroatoms. The fourth-order valence-electron chi connectivity index (χ4n) is 4.83. The first-order valence-electron chi connectivity index (χ1n) is 7.49. The first kappa shape index (κ1) is 14.0. The Bertz CT molecular complexity index is 328. The van der Waals surface area contributed by atoms with Gasteiger partial charge in [-0.3, -0.25) is 4.79 Å². The monoisotopic (exact) mass is 252 g/mol. The Morgan fingerprint density at radius 3 is 2.72 bits per heavy atom. The van der Waals surface area contributed by atoms with Gasteiger partial charge >= 0.3 is 0 Å². The minimum absolute atomic E-state index is 0.208. The lowest BCUT2D eigenvalue weighted by Crippen LogP contribution is -2.40. The zero-order chi connectivity index (χ0) is 13.6. The molecule has 0 aromatic heterocycles. The van der Waals surface area contributed by atoms with Crippen LogP contribution in [0.1, 0.15) is 66.2 Å². The Morgan fingerprint density at radius 2 is 2.11 bits per heavy atom. The van der Waals surface area contributed by atoms with Crippen LogP contribution in [0, 0.1) is 23.2 Å². The number of hydrogen-bond donors (Lipinski definition) is 1. The van der Waals surface area contributed by atoms with E-state index in [9.17, 15) is 9.90 Å². The number of aliphatic hydroxyl groups is 1. The number of Topliss-reactive ketones (excluding diaryl/α,β-unsaturated/α-hetero) is 1. The Labute approximate surface area is 111 Å². The van der Waals surface area contributed by atoms with Gasteiger partial charge in [0.15, 0.2) is 0 Å². The van der Waals surface area contributed by atoms with E-state index in [0.29, 0.717) is 23.5 Å². The van der Waals surface area contributed by atoms with Crippen molar-refractivity contribution in [3.05, 3.63) is 0 Å². The lowest BCUT2D eigenvalue weighted by atomic mass is 9.61. The highest BCUT2D eigenvalue weighted by Gasteiger charge is 2.52. The van der Waals surface area contributed by atoms with Crippen LogP contribution in [0.15, 0.2) is 0 Å². The molecule has 2 aliphatic rings. The summed E-state index contributed by atoms with van der Waals surface area (Å²) in [7, 11) is 0. The largest absolute Gasteiger partial charge is 0.390 e. The Kier molecular flexibility index (Phi) is 3.61. The van der Waals surface area contributed by atoms with Gasteiger partial charge in [0.1, 0.15) is 5.78 Å². The summed E-state index contributed by atoms with van der Waals surface area (Å²) in [6.45, 7) is 8.37. The fraction of sp³-hybridized carbons (Fsp3) is 0.938. The van der Waals surface area contributed by atoms with Crippen LogP contribution in [0.4, 0.5) is 0 Å². The van der Waals surface area contributed by atoms with Crippen LogP contribution < -0.4 is 0 Å². The Hall–Kier alpha value is -0.370. The van der Waals surface area contributed by atoms with E-state index >= 15 is 0 Å². The van der Waals surface area contributed by atoms with Crippen molar-refractivity contribution >= 4 is 5.78 Å². The van der Waals surface area contributed by atoms with Crippen LogP contribution >= 0.6 is 0 Å². The number of carbonyl (C=O) groups excluding carboxylic acids is 1. The summed E-state index contributed by atoms with van der Waals surface area (Å²) in [6.07, 6.45) is 6.16. The molecule has 2 saturated carbocycles. The molecule has 2 unspecified atom stereocenters. The van der Waals surface area contributed by atoms with Crippen LogP contribution in [0.5, 0.6) is 0 Å². The zero-order valence-electron chi connectivity index (χ0n) is 12.3. The van der Waals surface area contributed by atoms with E-state index in [2.05, 4.69) is 13.8 Å². The lowest BCUT2D eigenvalue weighted by molar-refractivity contribution is -0.130. The van der Waals surface area contributed by atoms with Crippen molar-refractivity contribution < 1.29 is 9.90 Å². The molecular weight excluding hydrogens is 224 g/mol. The molecule has 0 spiro atoms. The van der Waals surface area contributed by atoms with Crippen molar-refractivity contribution in [1.29, 1.82) is 0 Å². The van der Waals surface area contributed by atoms with E-state index < -0.39 is 5.60 Å². The van der Waals surface area contributed by atoms with E-state index in [1.54, 1.807) is 0 Å². The van der Waals surface area contributed by atoms with Crippen molar-refractivity contribution in [3.63, 3.8) is 0 Å².